The van der Waals surface area contributed by atoms with Gasteiger partial charge in [-0.3, -0.25) is 4.79 Å². The van der Waals surface area contributed by atoms with E-state index < -0.39 is 10.0 Å². The van der Waals surface area contributed by atoms with Gasteiger partial charge in [-0.2, -0.15) is 0 Å². The second-order valence-corrected chi connectivity index (χ2v) is 10.3. The van der Waals surface area contributed by atoms with Crippen molar-refractivity contribution in [3.8, 4) is 11.5 Å². The monoisotopic (exact) mass is 480 g/mol. The second kappa shape index (κ2) is 10.6. The molecule has 32 heavy (non-hydrogen) atoms. The molecule has 3 rings (SSSR count). The lowest BCUT2D eigenvalue weighted by Gasteiger charge is -2.31. The maximum Gasteiger partial charge on any atom is 0.223 e. The standard InChI is InChI=1S/C23H29ClN2O5S/c1-16(21-14-20(30-2)7-8-22(21)31-3)25-23(27)18-9-11-26(12-10-18)32(28,29)15-17-5-4-6-19(24)13-17/h4-8,13-14,16,18H,9-12,15H2,1-3H3,(H,25,27)/t16-/m0/s1. The Bertz CT molecular complexity index is 1050. The van der Waals surface area contributed by atoms with Crippen molar-refractivity contribution in [2.24, 2.45) is 5.92 Å². The number of hydrogen-bond donors (Lipinski definition) is 1. The molecule has 0 radical (unpaired) electrons. The number of amides is 1. The minimum atomic E-state index is -3.47. The third-order valence-corrected chi connectivity index (χ3v) is 7.80. The number of halogens is 1. The molecule has 1 fully saturated rings. The van der Waals surface area contributed by atoms with Crippen molar-refractivity contribution in [2.75, 3.05) is 27.3 Å². The highest BCUT2D eigenvalue weighted by atomic mass is 35.5. The highest BCUT2D eigenvalue weighted by molar-refractivity contribution is 7.88. The highest BCUT2D eigenvalue weighted by Gasteiger charge is 2.32. The third-order valence-electron chi connectivity index (χ3n) is 5.72. The maximum atomic E-state index is 12.9. The van der Waals surface area contributed by atoms with Gasteiger partial charge in [-0.25, -0.2) is 12.7 Å². The summed E-state index contributed by atoms with van der Waals surface area (Å²) in [5.41, 5.74) is 1.47. The van der Waals surface area contributed by atoms with Crippen molar-refractivity contribution in [2.45, 2.75) is 31.6 Å². The molecule has 1 atom stereocenters. The molecule has 2 aromatic rings. The Morgan fingerprint density at radius 3 is 2.50 bits per heavy atom. The van der Waals surface area contributed by atoms with Crippen molar-refractivity contribution < 1.29 is 22.7 Å². The number of methoxy groups -OCH3 is 2. The highest BCUT2D eigenvalue weighted by Crippen LogP contribution is 2.30. The van der Waals surface area contributed by atoms with Gasteiger partial charge in [0.25, 0.3) is 0 Å². The topological polar surface area (TPSA) is 84.9 Å². The van der Waals surface area contributed by atoms with Gasteiger partial charge in [0.15, 0.2) is 0 Å². The first-order valence-electron chi connectivity index (χ1n) is 10.5. The molecule has 1 heterocycles. The molecule has 1 N–H and O–H groups in total. The van der Waals surface area contributed by atoms with Gasteiger partial charge in [0, 0.05) is 29.6 Å². The molecule has 1 amide bonds. The van der Waals surface area contributed by atoms with E-state index in [-0.39, 0.29) is 23.6 Å². The molecule has 0 saturated carbocycles. The van der Waals surface area contributed by atoms with E-state index in [4.69, 9.17) is 21.1 Å². The predicted octanol–water partition coefficient (Wildman–Crippen LogP) is 3.78. The lowest BCUT2D eigenvalue weighted by molar-refractivity contribution is -0.126. The molecule has 1 aliphatic rings. The summed E-state index contributed by atoms with van der Waals surface area (Å²) in [6.45, 7) is 2.52. The van der Waals surface area contributed by atoms with Crippen LogP contribution in [0.2, 0.25) is 5.02 Å². The van der Waals surface area contributed by atoms with Crippen LogP contribution in [0.25, 0.3) is 0 Å². The fourth-order valence-electron chi connectivity index (χ4n) is 3.91. The van der Waals surface area contributed by atoms with E-state index in [0.717, 1.165) is 5.56 Å². The number of ether oxygens (including phenoxy) is 2. The van der Waals surface area contributed by atoms with Crippen molar-refractivity contribution in [3.05, 3.63) is 58.6 Å². The summed E-state index contributed by atoms with van der Waals surface area (Å²) in [4.78, 5) is 12.9. The Morgan fingerprint density at radius 2 is 1.88 bits per heavy atom. The van der Waals surface area contributed by atoms with Gasteiger partial charge in [-0.1, -0.05) is 23.7 Å². The molecule has 9 heteroatoms. The van der Waals surface area contributed by atoms with Crippen LogP contribution in [0, 0.1) is 5.92 Å². The Morgan fingerprint density at radius 1 is 1.16 bits per heavy atom. The molecule has 0 aromatic heterocycles. The van der Waals surface area contributed by atoms with Crippen LogP contribution in [0.5, 0.6) is 11.5 Å². The van der Waals surface area contributed by atoms with E-state index >= 15 is 0 Å². The Hall–Kier alpha value is -2.29. The summed E-state index contributed by atoms with van der Waals surface area (Å²) < 4.78 is 37.7. The minimum absolute atomic E-state index is 0.0886. The molecule has 0 bridgehead atoms. The molecule has 1 aliphatic heterocycles. The van der Waals surface area contributed by atoms with E-state index in [1.807, 2.05) is 13.0 Å². The molecule has 174 valence electrons. The Labute approximate surface area is 194 Å². The van der Waals surface area contributed by atoms with Crippen molar-refractivity contribution in [3.63, 3.8) is 0 Å². The molecule has 0 spiro atoms. The summed E-state index contributed by atoms with van der Waals surface area (Å²) in [6, 6.07) is 12.0. The van der Waals surface area contributed by atoms with Gasteiger partial charge in [0.2, 0.25) is 15.9 Å². The zero-order valence-electron chi connectivity index (χ0n) is 18.5. The minimum Gasteiger partial charge on any atom is -0.497 e. The van der Waals surface area contributed by atoms with Crippen LogP contribution in [0.4, 0.5) is 0 Å². The smallest absolute Gasteiger partial charge is 0.223 e. The Kier molecular flexibility index (Phi) is 8.03. The second-order valence-electron chi connectivity index (χ2n) is 7.90. The molecule has 0 unspecified atom stereocenters. The summed E-state index contributed by atoms with van der Waals surface area (Å²) in [7, 11) is -0.303. The number of rotatable bonds is 8. The van der Waals surface area contributed by atoms with Gasteiger partial charge in [-0.05, 0) is 55.7 Å². The first-order chi connectivity index (χ1) is 15.2. The molecular formula is C23H29ClN2O5S. The molecule has 7 nitrogen and oxygen atoms in total. The van der Waals surface area contributed by atoms with Crippen molar-refractivity contribution in [1.82, 2.24) is 9.62 Å². The number of piperidine rings is 1. The van der Waals surface area contributed by atoms with Crippen LogP contribution in [-0.2, 0) is 20.6 Å². The van der Waals surface area contributed by atoms with E-state index in [1.54, 1.807) is 50.6 Å². The van der Waals surface area contributed by atoms with Crippen molar-refractivity contribution >= 4 is 27.5 Å². The lowest BCUT2D eigenvalue weighted by atomic mass is 9.96. The summed E-state index contributed by atoms with van der Waals surface area (Å²) in [5, 5.41) is 3.54. The molecule has 2 aromatic carbocycles. The van der Waals surface area contributed by atoms with Crippen molar-refractivity contribution in [1.29, 1.82) is 0 Å². The van der Waals surface area contributed by atoms with Gasteiger partial charge in [0.1, 0.15) is 11.5 Å². The number of hydrogen-bond acceptors (Lipinski definition) is 5. The van der Waals surface area contributed by atoms with Gasteiger partial charge >= 0.3 is 0 Å². The quantitative estimate of drug-likeness (QED) is 0.621. The van der Waals surface area contributed by atoms with Crippen LogP contribution in [-0.4, -0.2) is 45.9 Å². The van der Waals surface area contributed by atoms with Gasteiger partial charge in [-0.15, -0.1) is 0 Å². The summed E-state index contributed by atoms with van der Waals surface area (Å²) in [6.07, 6.45) is 0.950. The maximum absolute atomic E-state index is 12.9. The number of carbonyl (C=O) groups excluding carboxylic acids is 1. The van der Waals surface area contributed by atoms with Gasteiger partial charge in [0.05, 0.1) is 26.0 Å². The van der Waals surface area contributed by atoms with E-state index in [0.29, 0.717) is 48.0 Å². The predicted molar refractivity (Wildman–Crippen MR) is 124 cm³/mol. The number of sulfonamides is 1. The third kappa shape index (κ3) is 5.94. The van der Waals surface area contributed by atoms with E-state index in [1.165, 1.54) is 4.31 Å². The average molecular weight is 481 g/mol. The van der Waals surface area contributed by atoms with E-state index in [9.17, 15) is 13.2 Å². The lowest BCUT2D eigenvalue weighted by Crippen LogP contribution is -2.43. The fraction of sp³-hybridized carbons (Fsp3) is 0.435. The molecular weight excluding hydrogens is 452 g/mol. The van der Waals surface area contributed by atoms with Gasteiger partial charge < -0.3 is 14.8 Å². The normalized spacial score (nSPS) is 16.4. The first-order valence-corrected chi connectivity index (χ1v) is 12.5. The fourth-order valence-corrected chi connectivity index (χ4v) is 5.68. The Balaban J connectivity index is 1.58. The van der Waals surface area contributed by atoms with E-state index in [2.05, 4.69) is 5.32 Å². The van der Waals surface area contributed by atoms with Crippen LogP contribution in [0.3, 0.4) is 0 Å². The summed E-state index contributed by atoms with van der Waals surface area (Å²) in [5.74, 6) is 0.915. The number of carbonyl (C=O) groups is 1. The van der Waals surface area contributed by atoms with Crippen LogP contribution in [0.1, 0.15) is 36.9 Å². The van der Waals surface area contributed by atoms with Crippen LogP contribution >= 0.6 is 11.6 Å². The zero-order chi connectivity index (χ0) is 23.3. The number of nitrogens with zero attached hydrogens (tertiary/aromatic N) is 1. The first kappa shape index (κ1) is 24.4. The van der Waals surface area contributed by atoms with Crippen LogP contribution in [0.15, 0.2) is 42.5 Å². The number of nitrogens with one attached hydrogen (secondary N) is 1. The largest absolute Gasteiger partial charge is 0.497 e. The number of benzene rings is 2. The molecule has 1 saturated heterocycles. The zero-order valence-corrected chi connectivity index (χ0v) is 20.1. The summed E-state index contributed by atoms with van der Waals surface area (Å²) >= 11 is 5.97. The molecule has 0 aliphatic carbocycles. The van der Waals surface area contributed by atoms with Crippen LogP contribution < -0.4 is 14.8 Å². The SMILES string of the molecule is COc1ccc(OC)c([C@H](C)NC(=O)C2CCN(S(=O)(=O)Cc3cccc(Cl)c3)CC2)c1. The average Bonchev–Trinajstić information content (AvgIpc) is 2.78.